The van der Waals surface area contributed by atoms with E-state index in [9.17, 15) is 0 Å². The zero-order valence-corrected chi connectivity index (χ0v) is 10.3. The third-order valence-corrected chi connectivity index (χ3v) is 3.73. The van der Waals surface area contributed by atoms with Gasteiger partial charge in [-0.2, -0.15) is 0 Å². The molecule has 0 unspecified atom stereocenters. The lowest BCUT2D eigenvalue weighted by Gasteiger charge is -2.35. The van der Waals surface area contributed by atoms with Crippen LogP contribution >= 0.6 is 0 Å². The first-order valence-corrected chi connectivity index (χ1v) is 6.22. The zero-order valence-electron chi connectivity index (χ0n) is 10.3. The molecule has 0 amide bonds. The fraction of sp³-hybridized carbons (Fsp3) is 0.571. The largest absolute Gasteiger partial charge is 0.372 e. The van der Waals surface area contributed by atoms with Crippen LogP contribution in [0.2, 0.25) is 0 Å². The van der Waals surface area contributed by atoms with E-state index in [-0.39, 0.29) is 0 Å². The first-order chi connectivity index (χ1) is 7.66. The number of aryl methyl sites for hydroxylation is 1. The average molecular weight is 218 g/mol. The fourth-order valence-electron chi connectivity index (χ4n) is 2.48. The van der Waals surface area contributed by atoms with Crippen LogP contribution in [0, 0.1) is 6.92 Å². The minimum Gasteiger partial charge on any atom is -0.372 e. The van der Waals surface area contributed by atoms with E-state index in [0.29, 0.717) is 12.1 Å². The molecule has 88 valence electrons. The maximum absolute atomic E-state index is 5.94. The van der Waals surface area contributed by atoms with Crippen LogP contribution in [0.25, 0.3) is 0 Å². The molecule has 0 bridgehead atoms. The van der Waals surface area contributed by atoms with Crippen molar-refractivity contribution in [2.24, 2.45) is 5.73 Å². The van der Waals surface area contributed by atoms with Crippen LogP contribution in [-0.4, -0.2) is 19.1 Å². The monoisotopic (exact) mass is 218 g/mol. The lowest BCUT2D eigenvalue weighted by atomic mass is 9.91. The Kier molecular flexibility index (Phi) is 3.49. The van der Waals surface area contributed by atoms with Crippen LogP contribution < -0.4 is 10.6 Å². The summed E-state index contributed by atoms with van der Waals surface area (Å²) in [7, 11) is 2.20. The van der Waals surface area contributed by atoms with E-state index in [1.54, 1.807) is 0 Å². The van der Waals surface area contributed by atoms with Gasteiger partial charge in [-0.3, -0.25) is 0 Å². The second-order valence-electron chi connectivity index (χ2n) is 5.02. The van der Waals surface area contributed by atoms with Gasteiger partial charge in [-0.15, -0.1) is 0 Å². The van der Waals surface area contributed by atoms with Gasteiger partial charge in [-0.1, -0.05) is 17.7 Å². The van der Waals surface area contributed by atoms with Crippen LogP contribution in [0.3, 0.4) is 0 Å². The molecule has 0 atom stereocenters. The number of anilines is 1. The molecule has 2 N–H and O–H groups in total. The molecule has 0 aliphatic heterocycles. The van der Waals surface area contributed by atoms with Gasteiger partial charge in [0.05, 0.1) is 0 Å². The van der Waals surface area contributed by atoms with Crippen molar-refractivity contribution < 1.29 is 0 Å². The minimum atomic E-state index is 0.433. The van der Waals surface area contributed by atoms with Crippen LogP contribution in [0.15, 0.2) is 24.3 Å². The van der Waals surface area contributed by atoms with Gasteiger partial charge < -0.3 is 10.6 Å². The van der Waals surface area contributed by atoms with E-state index >= 15 is 0 Å². The molecule has 0 saturated heterocycles. The third kappa shape index (κ3) is 2.56. The summed E-state index contributed by atoms with van der Waals surface area (Å²) in [6, 6.07) is 9.89. The molecule has 0 radical (unpaired) electrons. The van der Waals surface area contributed by atoms with Gasteiger partial charge in [-0.25, -0.2) is 0 Å². The summed E-state index contributed by atoms with van der Waals surface area (Å²) in [5.41, 5.74) is 8.58. The molecule has 0 heterocycles. The summed E-state index contributed by atoms with van der Waals surface area (Å²) in [4.78, 5) is 2.41. The molecule has 1 saturated carbocycles. The summed E-state index contributed by atoms with van der Waals surface area (Å²) in [5, 5.41) is 0. The highest BCUT2D eigenvalue weighted by Crippen LogP contribution is 2.25. The molecule has 0 spiro atoms. The molecular formula is C14H22N2. The summed E-state index contributed by atoms with van der Waals surface area (Å²) >= 11 is 0. The lowest BCUT2D eigenvalue weighted by molar-refractivity contribution is 0.385. The Morgan fingerprint density at radius 1 is 1.06 bits per heavy atom. The van der Waals surface area contributed by atoms with Crippen molar-refractivity contribution in [1.82, 2.24) is 0 Å². The number of nitrogens with two attached hydrogens (primary N) is 1. The number of benzene rings is 1. The molecule has 1 aromatic rings. The van der Waals surface area contributed by atoms with Gasteiger partial charge in [0, 0.05) is 24.8 Å². The Labute approximate surface area is 98.4 Å². The quantitative estimate of drug-likeness (QED) is 0.827. The van der Waals surface area contributed by atoms with Gasteiger partial charge >= 0.3 is 0 Å². The Hall–Kier alpha value is -1.02. The second-order valence-corrected chi connectivity index (χ2v) is 5.02. The SMILES string of the molecule is Cc1ccc(N(C)C2CCC(N)CC2)cc1. The lowest BCUT2D eigenvalue weighted by Crippen LogP contribution is -2.38. The molecular weight excluding hydrogens is 196 g/mol. The molecule has 16 heavy (non-hydrogen) atoms. The van der Waals surface area contributed by atoms with Crippen LogP contribution in [0.5, 0.6) is 0 Å². The molecule has 0 aromatic heterocycles. The van der Waals surface area contributed by atoms with Crippen LogP contribution in [0.4, 0.5) is 5.69 Å². The highest BCUT2D eigenvalue weighted by atomic mass is 15.1. The summed E-state index contributed by atoms with van der Waals surface area (Å²) < 4.78 is 0. The van der Waals surface area contributed by atoms with E-state index in [0.717, 1.165) is 0 Å². The van der Waals surface area contributed by atoms with Crippen molar-refractivity contribution in [2.45, 2.75) is 44.7 Å². The van der Waals surface area contributed by atoms with E-state index in [2.05, 4.69) is 43.1 Å². The summed E-state index contributed by atoms with van der Waals surface area (Å²) in [6.07, 6.45) is 4.79. The predicted molar refractivity (Wildman–Crippen MR) is 69.8 cm³/mol. The molecule has 2 nitrogen and oxygen atoms in total. The van der Waals surface area contributed by atoms with Crippen molar-refractivity contribution >= 4 is 5.69 Å². The highest BCUT2D eigenvalue weighted by Gasteiger charge is 2.21. The zero-order chi connectivity index (χ0) is 11.5. The molecule has 1 aliphatic rings. The molecule has 2 rings (SSSR count). The highest BCUT2D eigenvalue weighted by molar-refractivity contribution is 5.47. The number of rotatable bonds is 2. The van der Waals surface area contributed by atoms with E-state index in [1.165, 1.54) is 36.9 Å². The minimum absolute atomic E-state index is 0.433. The van der Waals surface area contributed by atoms with Gasteiger partial charge in [0.1, 0.15) is 0 Å². The van der Waals surface area contributed by atoms with Crippen molar-refractivity contribution in [2.75, 3.05) is 11.9 Å². The fourth-order valence-corrected chi connectivity index (χ4v) is 2.48. The van der Waals surface area contributed by atoms with E-state index in [1.807, 2.05) is 0 Å². The molecule has 2 heteroatoms. The van der Waals surface area contributed by atoms with Crippen molar-refractivity contribution in [3.05, 3.63) is 29.8 Å². The summed E-state index contributed by atoms with van der Waals surface area (Å²) in [6.45, 7) is 2.13. The standard InChI is InChI=1S/C14H22N2/c1-11-3-7-13(8-4-11)16(2)14-9-5-12(15)6-10-14/h3-4,7-8,12,14H,5-6,9-10,15H2,1-2H3. The second kappa shape index (κ2) is 4.88. The Bertz CT molecular complexity index is 323. The van der Waals surface area contributed by atoms with Gasteiger partial charge in [0.2, 0.25) is 0 Å². The molecule has 1 fully saturated rings. The van der Waals surface area contributed by atoms with E-state index < -0.39 is 0 Å². The molecule has 1 aliphatic carbocycles. The normalized spacial score (nSPS) is 25.4. The molecule has 1 aromatic carbocycles. The topological polar surface area (TPSA) is 29.3 Å². The first-order valence-electron chi connectivity index (χ1n) is 6.22. The van der Waals surface area contributed by atoms with Crippen LogP contribution in [0.1, 0.15) is 31.2 Å². The van der Waals surface area contributed by atoms with Crippen molar-refractivity contribution in [3.8, 4) is 0 Å². The van der Waals surface area contributed by atoms with Crippen molar-refractivity contribution in [3.63, 3.8) is 0 Å². The third-order valence-electron chi connectivity index (χ3n) is 3.73. The van der Waals surface area contributed by atoms with Gasteiger partial charge in [-0.05, 0) is 44.7 Å². The number of nitrogens with zero attached hydrogens (tertiary/aromatic N) is 1. The Morgan fingerprint density at radius 3 is 2.19 bits per heavy atom. The Morgan fingerprint density at radius 2 is 1.62 bits per heavy atom. The average Bonchev–Trinajstić information content (AvgIpc) is 2.30. The number of hydrogen-bond donors (Lipinski definition) is 1. The Balaban J connectivity index is 2.01. The van der Waals surface area contributed by atoms with Crippen LogP contribution in [-0.2, 0) is 0 Å². The first kappa shape index (κ1) is 11.5. The van der Waals surface area contributed by atoms with Gasteiger partial charge in [0.25, 0.3) is 0 Å². The maximum Gasteiger partial charge on any atom is 0.0366 e. The summed E-state index contributed by atoms with van der Waals surface area (Å²) in [5.74, 6) is 0. The predicted octanol–water partition coefficient (Wildman–Crippen LogP) is 2.70. The van der Waals surface area contributed by atoms with Gasteiger partial charge in [0.15, 0.2) is 0 Å². The van der Waals surface area contributed by atoms with E-state index in [4.69, 9.17) is 5.73 Å². The maximum atomic E-state index is 5.94. The van der Waals surface area contributed by atoms with Crippen molar-refractivity contribution in [1.29, 1.82) is 0 Å². The smallest absolute Gasteiger partial charge is 0.0366 e. The number of hydrogen-bond acceptors (Lipinski definition) is 2.